The van der Waals surface area contributed by atoms with Crippen molar-refractivity contribution in [2.24, 2.45) is 11.8 Å². The van der Waals surface area contributed by atoms with Crippen molar-refractivity contribution in [1.29, 1.82) is 0 Å². The number of aliphatic hydroxyl groups is 2. The Morgan fingerprint density at radius 1 is 0.920 bits per heavy atom. The van der Waals surface area contributed by atoms with E-state index in [1.54, 1.807) is 0 Å². The van der Waals surface area contributed by atoms with Crippen LogP contribution >= 0.6 is 0 Å². The fourth-order valence-electron chi connectivity index (χ4n) is 4.26. The molecule has 0 saturated heterocycles. The molecule has 1 fully saturated rings. The maximum Gasteiger partial charge on any atom is 0.0481 e. The fourth-order valence-corrected chi connectivity index (χ4v) is 4.26. The first-order chi connectivity index (χ1) is 12.3. The van der Waals surface area contributed by atoms with Crippen LogP contribution in [0.25, 0.3) is 0 Å². The van der Waals surface area contributed by atoms with Crippen molar-refractivity contribution in [3.63, 3.8) is 0 Å². The Morgan fingerprint density at radius 2 is 1.60 bits per heavy atom. The van der Waals surface area contributed by atoms with Crippen LogP contribution in [0.15, 0.2) is 24.3 Å². The van der Waals surface area contributed by atoms with Crippen LogP contribution in [0.5, 0.6) is 0 Å². The number of hydrogen-bond acceptors (Lipinski definition) is 2. The van der Waals surface area contributed by atoms with Gasteiger partial charge in [0.15, 0.2) is 0 Å². The maximum absolute atomic E-state index is 9.12. The number of hydrogen-bond donors (Lipinski definition) is 2. The van der Waals surface area contributed by atoms with E-state index < -0.39 is 0 Å². The summed E-state index contributed by atoms with van der Waals surface area (Å²) in [5, 5.41) is 18.2. The van der Waals surface area contributed by atoms with Crippen LogP contribution in [-0.2, 0) is 6.42 Å². The van der Waals surface area contributed by atoms with E-state index in [1.807, 2.05) is 0 Å². The van der Waals surface area contributed by atoms with Crippen LogP contribution in [-0.4, -0.2) is 23.4 Å². The van der Waals surface area contributed by atoms with E-state index in [0.717, 1.165) is 31.1 Å². The van der Waals surface area contributed by atoms with Crippen LogP contribution in [0.2, 0.25) is 0 Å². The van der Waals surface area contributed by atoms with Gasteiger partial charge in [0.1, 0.15) is 0 Å². The van der Waals surface area contributed by atoms with E-state index in [2.05, 4.69) is 31.2 Å². The van der Waals surface area contributed by atoms with Gasteiger partial charge in [0.2, 0.25) is 0 Å². The van der Waals surface area contributed by atoms with Crippen molar-refractivity contribution in [3.05, 3.63) is 35.4 Å². The molecule has 0 heterocycles. The number of benzene rings is 1. The highest BCUT2D eigenvalue weighted by molar-refractivity contribution is 5.26. The Labute approximate surface area is 154 Å². The predicted molar refractivity (Wildman–Crippen MR) is 106 cm³/mol. The van der Waals surface area contributed by atoms with E-state index in [1.165, 1.54) is 62.5 Å². The van der Waals surface area contributed by atoms with Gasteiger partial charge in [-0.25, -0.2) is 0 Å². The quantitative estimate of drug-likeness (QED) is 0.522. The summed E-state index contributed by atoms with van der Waals surface area (Å²) < 4.78 is 0. The average Bonchev–Trinajstić information content (AvgIpc) is 2.67. The molecule has 1 aromatic carbocycles. The third-order valence-electron chi connectivity index (χ3n) is 6.11. The van der Waals surface area contributed by atoms with Gasteiger partial charge < -0.3 is 10.2 Å². The minimum Gasteiger partial charge on any atom is -0.396 e. The average molecular weight is 347 g/mol. The molecule has 1 saturated carbocycles. The molecule has 142 valence electrons. The molecule has 2 N–H and O–H groups in total. The van der Waals surface area contributed by atoms with Gasteiger partial charge in [-0.15, -0.1) is 0 Å². The summed E-state index contributed by atoms with van der Waals surface area (Å²) in [7, 11) is 0. The molecule has 25 heavy (non-hydrogen) atoms. The van der Waals surface area contributed by atoms with Gasteiger partial charge in [-0.3, -0.25) is 0 Å². The van der Waals surface area contributed by atoms with Crippen LogP contribution in [0.3, 0.4) is 0 Å². The Kier molecular flexibility index (Phi) is 9.57. The van der Waals surface area contributed by atoms with E-state index in [9.17, 15) is 0 Å². The third-order valence-corrected chi connectivity index (χ3v) is 6.11. The van der Waals surface area contributed by atoms with Gasteiger partial charge in [0.25, 0.3) is 0 Å². The zero-order valence-electron chi connectivity index (χ0n) is 16.1. The highest BCUT2D eigenvalue weighted by atomic mass is 16.3. The molecule has 0 radical (unpaired) electrons. The van der Waals surface area contributed by atoms with Crippen molar-refractivity contribution >= 4 is 0 Å². The largest absolute Gasteiger partial charge is 0.396 e. The Bertz CT molecular complexity index is 442. The monoisotopic (exact) mass is 346 g/mol. The number of rotatable bonds is 11. The summed E-state index contributed by atoms with van der Waals surface area (Å²) in [6.07, 6.45) is 14.2. The summed E-state index contributed by atoms with van der Waals surface area (Å²) in [4.78, 5) is 0. The second kappa shape index (κ2) is 11.7. The molecule has 2 heteroatoms. The highest BCUT2D eigenvalue weighted by Crippen LogP contribution is 2.37. The standard InChI is InChI=1S/C23H38O2/c1-2-3-4-6-19-9-13-22(14-10-19)23-15-11-20(12-16-23)7-5-8-21(17-24)18-25/h11-12,15-16,19,21-22,24-25H,2-10,13-14,17-18H2,1H3. The number of aryl methyl sites for hydroxylation is 1. The number of aliphatic hydroxyl groups excluding tert-OH is 2. The van der Waals surface area contributed by atoms with Gasteiger partial charge in [-0.05, 0) is 67.9 Å². The van der Waals surface area contributed by atoms with Gasteiger partial charge in [0, 0.05) is 19.1 Å². The summed E-state index contributed by atoms with van der Waals surface area (Å²) >= 11 is 0. The Morgan fingerprint density at radius 3 is 2.20 bits per heavy atom. The van der Waals surface area contributed by atoms with Crippen molar-refractivity contribution in [2.75, 3.05) is 13.2 Å². The normalized spacial score (nSPS) is 21.0. The molecule has 0 aliphatic heterocycles. The molecule has 2 rings (SSSR count). The van der Waals surface area contributed by atoms with E-state index in [-0.39, 0.29) is 19.1 Å². The molecule has 1 aromatic rings. The smallest absolute Gasteiger partial charge is 0.0481 e. The molecular formula is C23H38O2. The van der Waals surface area contributed by atoms with E-state index in [4.69, 9.17) is 10.2 Å². The SMILES string of the molecule is CCCCCC1CCC(c2ccc(CCCC(CO)CO)cc2)CC1. The first kappa shape index (κ1) is 20.5. The van der Waals surface area contributed by atoms with Gasteiger partial charge in [-0.1, -0.05) is 56.9 Å². The molecule has 0 spiro atoms. The van der Waals surface area contributed by atoms with Crippen molar-refractivity contribution in [3.8, 4) is 0 Å². The summed E-state index contributed by atoms with van der Waals surface area (Å²) in [5.74, 6) is 1.80. The van der Waals surface area contributed by atoms with Crippen molar-refractivity contribution in [2.45, 2.75) is 83.5 Å². The van der Waals surface area contributed by atoms with Crippen molar-refractivity contribution < 1.29 is 10.2 Å². The predicted octanol–water partition coefficient (Wildman–Crippen LogP) is 5.46. The van der Waals surface area contributed by atoms with E-state index in [0.29, 0.717) is 0 Å². The number of unbranched alkanes of at least 4 members (excludes halogenated alkanes) is 2. The fraction of sp³-hybridized carbons (Fsp3) is 0.739. The summed E-state index contributed by atoms with van der Waals surface area (Å²) in [5.41, 5.74) is 2.91. The first-order valence-corrected chi connectivity index (χ1v) is 10.6. The minimum atomic E-state index is 0.0479. The van der Waals surface area contributed by atoms with Gasteiger partial charge >= 0.3 is 0 Å². The lowest BCUT2D eigenvalue weighted by Gasteiger charge is -2.29. The van der Waals surface area contributed by atoms with Gasteiger partial charge in [-0.2, -0.15) is 0 Å². The molecular weight excluding hydrogens is 308 g/mol. The molecule has 2 nitrogen and oxygen atoms in total. The maximum atomic E-state index is 9.12. The van der Waals surface area contributed by atoms with Crippen LogP contribution in [0.1, 0.15) is 88.2 Å². The zero-order valence-corrected chi connectivity index (χ0v) is 16.1. The minimum absolute atomic E-state index is 0.0479. The summed E-state index contributed by atoms with van der Waals surface area (Å²) in [6, 6.07) is 9.26. The lowest BCUT2D eigenvalue weighted by molar-refractivity contribution is 0.142. The lowest BCUT2D eigenvalue weighted by atomic mass is 9.77. The van der Waals surface area contributed by atoms with E-state index >= 15 is 0 Å². The third kappa shape index (κ3) is 7.11. The molecule has 0 atom stereocenters. The Balaban J connectivity index is 1.71. The van der Waals surface area contributed by atoms with Crippen LogP contribution in [0, 0.1) is 11.8 Å². The first-order valence-electron chi connectivity index (χ1n) is 10.6. The van der Waals surface area contributed by atoms with Crippen molar-refractivity contribution in [1.82, 2.24) is 0 Å². The lowest BCUT2D eigenvalue weighted by Crippen LogP contribution is -2.13. The second-order valence-corrected chi connectivity index (χ2v) is 8.08. The Hall–Kier alpha value is -0.860. The molecule has 0 unspecified atom stereocenters. The van der Waals surface area contributed by atoms with Crippen LogP contribution in [0.4, 0.5) is 0 Å². The zero-order chi connectivity index (χ0) is 17.9. The summed E-state index contributed by atoms with van der Waals surface area (Å²) in [6.45, 7) is 2.48. The topological polar surface area (TPSA) is 40.5 Å². The molecule has 0 amide bonds. The molecule has 1 aliphatic carbocycles. The second-order valence-electron chi connectivity index (χ2n) is 8.08. The molecule has 1 aliphatic rings. The van der Waals surface area contributed by atoms with Gasteiger partial charge in [0.05, 0.1) is 0 Å². The molecule has 0 aromatic heterocycles. The molecule has 0 bridgehead atoms. The highest BCUT2D eigenvalue weighted by Gasteiger charge is 2.21. The van der Waals surface area contributed by atoms with Crippen LogP contribution < -0.4 is 0 Å².